The zero-order valence-corrected chi connectivity index (χ0v) is 23.1. The molecule has 0 aliphatic carbocycles. The number of likely N-dealkylation sites (N-methyl/N-ethyl adjacent to an activating group) is 1. The van der Waals surface area contributed by atoms with E-state index >= 15 is 0 Å². The van der Waals surface area contributed by atoms with Gasteiger partial charge in [0.15, 0.2) is 0 Å². The highest BCUT2D eigenvalue weighted by Crippen LogP contribution is 2.38. The molecule has 1 saturated heterocycles. The van der Waals surface area contributed by atoms with Gasteiger partial charge in [-0.25, -0.2) is 4.79 Å². The number of rotatable bonds is 16. The van der Waals surface area contributed by atoms with Crippen LogP contribution < -0.4 is 0 Å². The van der Waals surface area contributed by atoms with Gasteiger partial charge in [0.2, 0.25) is 17.7 Å². The van der Waals surface area contributed by atoms with Gasteiger partial charge in [-0.1, -0.05) is 39.5 Å². The molecule has 5 amide bonds. The normalized spacial score (nSPS) is 18.8. The predicted octanol–water partition coefficient (Wildman–Crippen LogP) is 2.60. The molecule has 2 aliphatic heterocycles. The SMILES string of the molecule is C[C@@H](C(=O)O)N(C)C(=O)CCC(C)(C)SC1CC(=O)N(CCCCCCCCN2C(=O)C=CC2=O)C1=O. The van der Waals surface area contributed by atoms with E-state index in [1.54, 1.807) is 0 Å². The predicted molar refractivity (Wildman–Crippen MR) is 139 cm³/mol. The van der Waals surface area contributed by atoms with Crippen LogP contribution in [-0.4, -0.2) is 91.5 Å². The largest absolute Gasteiger partial charge is 0.480 e. The van der Waals surface area contributed by atoms with Gasteiger partial charge in [0, 0.05) is 49.9 Å². The number of carboxylic acid groups (broad SMARTS) is 1. The average molecular weight is 538 g/mol. The van der Waals surface area contributed by atoms with Crippen molar-refractivity contribution in [3.8, 4) is 0 Å². The Morgan fingerprint density at radius 3 is 2.05 bits per heavy atom. The maximum absolute atomic E-state index is 12.9. The van der Waals surface area contributed by atoms with Crippen molar-refractivity contribution in [1.29, 1.82) is 0 Å². The second-order valence-electron chi connectivity index (χ2n) is 10.3. The van der Waals surface area contributed by atoms with Crippen molar-refractivity contribution in [3.05, 3.63) is 12.2 Å². The number of likely N-dealkylation sites (tertiary alicyclic amines) is 1. The summed E-state index contributed by atoms with van der Waals surface area (Å²) in [6.45, 7) is 6.14. The summed E-state index contributed by atoms with van der Waals surface area (Å²) in [7, 11) is 1.47. The van der Waals surface area contributed by atoms with E-state index in [-0.39, 0.29) is 42.4 Å². The second kappa shape index (κ2) is 13.7. The molecule has 1 fully saturated rings. The third-order valence-electron chi connectivity index (χ3n) is 6.85. The molecule has 0 spiro atoms. The number of amides is 5. The van der Waals surface area contributed by atoms with Gasteiger partial charge in [-0.05, 0) is 26.2 Å². The molecule has 0 aromatic rings. The van der Waals surface area contributed by atoms with Crippen molar-refractivity contribution in [2.45, 2.75) is 94.6 Å². The van der Waals surface area contributed by atoms with Crippen LogP contribution >= 0.6 is 11.8 Å². The Morgan fingerprint density at radius 2 is 1.51 bits per heavy atom. The Balaban J connectivity index is 1.65. The number of nitrogens with zero attached hydrogens (tertiary/aromatic N) is 3. The Kier molecular flexibility index (Phi) is 11.3. The first-order chi connectivity index (χ1) is 17.3. The first kappa shape index (κ1) is 30.5. The van der Waals surface area contributed by atoms with Crippen LogP contribution in [0.15, 0.2) is 12.2 Å². The highest BCUT2D eigenvalue weighted by molar-refractivity contribution is 8.02. The lowest BCUT2D eigenvalue weighted by Crippen LogP contribution is -2.40. The molecule has 0 saturated carbocycles. The minimum Gasteiger partial charge on any atom is -0.480 e. The Hall–Kier alpha value is -2.69. The van der Waals surface area contributed by atoms with Gasteiger partial charge in [-0.15, -0.1) is 11.8 Å². The summed E-state index contributed by atoms with van der Waals surface area (Å²) in [4.78, 5) is 75.6. The monoisotopic (exact) mass is 537 g/mol. The quantitative estimate of drug-likeness (QED) is 0.235. The Morgan fingerprint density at radius 1 is 1.00 bits per heavy atom. The number of hydrogen-bond donors (Lipinski definition) is 1. The summed E-state index contributed by atoms with van der Waals surface area (Å²) in [6, 6.07) is -0.908. The fourth-order valence-electron chi connectivity index (χ4n) is 4.29. The second-order valence-corrected chi connectivity index (χ2v) is 12.2. The van der Waals surface area contributed by atoms with Crippen molar-refractivity contribution in [3.63, 3.8) is 0 Å². The number of aliphatic carboxylic acids is 1. The Labute approximate surface area is 222 Å². The fraction of sp³-hybridized carbons (Fsp3) is 0.692. The van der Waals surface area contributed by atoms with E-state index in [1.807, 2.05) is 13.8 Å². The first-order valence-corrected chi connectivity index (χ1v) is 13.8. The van der Waals surface area contributed by atoms with Gasteiger partial charge >= 0.3 is 5.97 Å². The summed E-state index contributed by atoms with van der Waals surface area (Å²) in [5.74, 6) is -2.19. The number of unbranched alkanes of at least 4 members (excludes halogenated alkanes) is 5. The first-order valence-electron chi connectivity index (χ1n) is 12.9. The number of thioether (sulfide) groups is 1. The summed E-state index contributed by atoms with van der Waals surface area (Å²) in [5.41, 5.74) is 0. The maximum Gasteiger partial charge on any atom is 0.326 e. The van der Waals surface area contributed by atoms with Crippen molar-refractivity contribution in [2.75, 3.05) is 20.1 Å². The van der Waals surface area contributed by atoms with Gasteiger partial charge in [-0.3, -0.25) is 33.8 Å². The summed E-state index contributed by atoms with van der Waals surface area (Å²) >= 11 is 1.40. The molecule has 37 heavy (non-hydrogen) atoms. The third-order valence-corrected chi connectivity index (χ3v) is 8.35. The van der Waals surface area contributed by atoms with Gasteiger partial charge < -0.3 is 10.0 Å². The highest BCUT2D eigenvalue weighted by atomic mass is 32.2. The number of carboxylic acids is 1. The molecule has 1 unspecified atom stereocenters. The maximum atomic E-state index is 12.9. The number of carbonyl (C=O) groups excluding carboxylic acids is 5. The molecule has 2 atom stereocenters. The van der Waals surface area contributed by atoms with Gasteiger partial charge in [0.1, 0.15) is 6.04 Å². The minimum absolute atomic E-state index is 0.152. The summed E-state index contributed by atoms with van der Waals surface area (Å²) < 4.78 is -0.431. The van der Waals surface area contributed by atoms with Crippen molar-refractivity contribution >= 4 is 47.3 Å². The molecule has 2 heterocycles. The smallest absolute Gasteiger partial charge is 0.326 e. The lowest BCUT2D eigenvalue weighted by molar-refractivity contribution is -0.148. The van der Waals surface area contributed by atoms with Crippen molar-refractivity contribution in [2.24, 2.45) is 0 Å². The van der Waals surface area contributed by atoms with E-state index < -0.39 is 22.0 Å². The van der Waals surface area contributed by atoms with Crippen LogP contribution in [0.2, 0.25) is 0 Å². The van der Waals surface area contributed by atoms with Gasteiger partial charge in [-0.2, -0.15) is 0 Å². The van der Waals surface area contributed by atoms with Crippen LogP contribution in [0.4, 0.5) is 0 Å². The summed E-state index contributed by atoms with van der Waals surface area (Å²) in [6.07, 6.45) is 8.54. The molecule has 1 N–H and O–H groups in total. The fourth-order valence-corrected chi connectivity index (χ4v) is 5.73. The molecular formula is C26H39N3O7S. The third kappa shape index (κ3) is 8.98. The molecule has 0 bridgehead atoms. The van der Waals surface area contributed by atoms with E-state index in [1.165, 1.54) is 52.6 Å². The van der Waals surface area contributed by atoms with Crippen LogP contribution in [0.1, 0.15) is 78.6 Å². The zero-order valence-electron chi connectivity index (χ0n) is 22.2. The standard InChI is InChI=1S/C26H39N3O7S/c1-18(25(35)36)27(4)20(30)13-14-26(2,3)37-19-17-23(33)29(24(19)34)16-10-8-6-5-7-9-15-28-21(31)11-12-22(28)32/h11-12,18-19H,5-10,13-17H2,1-4H3,(H,35,36)/t18-,19?/m0/s1. The van der Waals surface area contributed by atoms with E-state index in [2.05, 4.69) is 0 Å². The van der Waals surface area contributed by atoms with Crippen molar-refractivity contribution in [1.82, 2.24) is 14.7 Å². The topological polar surface area (TPSA) is 132 Å². The number of imide groups is 2. The highest BCUT2D eigenvalue weighted by Gasteiger charge is 2.41. The van der Waals surface area contributed by atoms with Gasteiger partial charge in [0.25, 0.3) is 11.8 Å². The molecule has 0 aromatic heterocycles. The summed E-state index contributed by atoms with van der Waals surface area (Å²) in [5, 5.41) is 8.61. The van der Waals surface area contributed by atoms with Crippen LogP contribution in [-0.2, 0) is 28.8 Å². The van der Waals surface area contributed by atoms with Gasteiger partial charge in [0.05, 0.1) is 5.25 Å². The molecule has 206 valence electrons. The number of carbonyl (C=O) groups is 6. The molecule has 2 aliphatic rings. The van der Waals surface area contributed by atoms with Crippen LogP contribution in [0.25, 0.3) is 0 Å². The van der Waals surface area contributed by atoms with Crippen LogP contribution in [0.5, 0.6) is 0 Å². The molecule has 0 aromatic carbocycles. The molecule has 10 nitrogen and oxygen atoms in total. The van der Waals surface area contributed by atoms with Crippen LogP contribution in [0, 0.1) is 0 Å². The van der Waals surface area contributed by atoms with Crippen LogP contribution in [0.3, 0.4) is 0 Å². The van der Waals surface area contributed by atoms with E-state index in [9.17, 15) is 28.8 Å². The lowest BCUT2D eigenvalue weighted by Gasteiger charge is -2.28. The molecule has 0 radical (unpaired) electrons. The van der Waals surface area contributed by atoms with E-state index in [4.69, 9.17) is 5.11 Å². The van der Waals surface area contributed by atoms with Crippen molar-refractivity contribution < 1.29 is 33.9 Å². The molecule has 2 rings (SSSR count). The number of hydrogen-bond acceptors (Lipinski definition) is 7. The van der Waals surface area contributed by atoms with E-state index in [0.29, 0.717) is 19.5 Å². The minimum atomic E-state index is -1.06. The average Bonchev–Trinajstić information content (AvgIpc) is 3.29. The van der Waals surface area contributed by atoms with E-state index in [0.717, 1.165) is 38.5 Å². The molecular weight excluding hydrogens is 498 g/mol. The lowest BCUT2D eigenvalue weighted by atomic mass is 10.1. The zero-order chi connectivity index (χ0) is 27.8. The molecule has 11 heteroatoms. The Bertz CT molecular complexity index is 915.